The first-order valence-electron chi connectivity index (χ1n) is 6.52. The number of hydrogen-bond donors (Lipinski definition) is 0. The molecule has 0 aromatic heterocycles. The summed E-state index contributed by atoms with van der Waals surface area (Å²) in [5, 5.41) is 0. The number of benzene rings is 2. The van der Waals surface area contributed by atoms with Gasteiger partial charge in [-0.25, -0.2) is 0 Å². The molecule has 0 unspecified atom stereocenters. The molecule has 0 aliphatic carbocycles. The van der Waals surface area contributed by atoms with Crippen LogP contribution in [-0.4, -0.2) is 6.71 Å². The number of allylic oxidation sites excluding steroid dienone is 1. The molecule has 2 rings (SSSR count). The van der Waals surface area contributed by atoms with E-state index in [1.807, 2.05) is 0 Å². The molecule has 0 N–H and O–H groups in total. The van der Waals surface area contributed by atoms with Crippen LogP contribution in [0.1, 0.15) is 19.4 Å². The third-order valence-electron chi connectivity index (χ3n) is 3.37. The Morgan fingerprint density at radius 1 is 1.00 bits per heavy atom. The molecule has 90 valence electrons. The zero-order chi connectivity index (χ0) is 13.0. The van der Waals surface area contributed by atoms with Crippen LogP contribution >= 0.6 is 0 Å². The van der Waals surface area contributed by atoms with Crippen molar-refractivity contribution >= 4 is 17.6 Å². The lowest BCUT2D eigenvalue weighted by Gasteiger charge is -2.18. The Hall–Kier alpha value is -1.76. The summed E-state index contributed by atoms with van der Waals surface area (Å²) in [5.74, 6) is 0. The Bertz CT molecular complexity index is 528. The molecule has 0 spiro atoms. The normalized spacial score (nSPS) is 10.1. The van der Waals surface area contributed by atoms with Crippen LogP contribution in [0.15, 0.2) is 66.6 Å². The van der Waals surface area contributed by atoms with E-state index in [9.17, 15) is 0 Å². The second kappa shape index (κ2) is 5.73. The standard InChI is InChI=1S/C17H19B/c1-4-15-10-8-9-13-17(15)18(14(2)3)16-11-6-5-7-12-16/h5-13H,2,4H2,1,3H3. The molecule has 0 radical (unpaired) electrons. The van der Waals surface area contributed by atoms with Gasteiger partial charge in [-0.3, -0.25) is 0 Å². The second-order valence-electron chi connectivity index (χ2n) is 4.74. The van der Waals surface area contributed by atoms with Crippen LogP contribution < -0.4 is 10.9 Å². The molecule has 1 heteroatoms. The maximum absolute atomic E-state index is 4.18. The predicted molar refractivity (Wildman–Crippen MR) is 82.1 cm³/mol. The fraction of sp³-hybridized carbons (Fsp3) is 0.176. The lowest BCUT2D eigenvalue weighted by atomic mass is 9.36. The summed E-state index contributed by atoms with van der Waals surface area (Å²) in [4.78, 5) is 0. The second-order valence-corrected chi connectivity index (χ2v) is 4.74. The average molecular weight is 234 g/mol. The third kappa shape index (κ3) is 2.56. The molecule has 0 aliphatic heterocycles. The van der Waals surface area contributed by atoms with Gasteiger partial charge in [0.15, 0.2) is 0 Å². The Kier molecular flexibility index (Phi) is 4.04. The molecule has 0 heterocycles. The first kappa shape index (κ1) is 12.7. The molecule has 18 heavy (non-hydrogen) atoms. The van der Waals surface area contributed by atoms with Gasteiger partial charge in [0.2, 0.25) is 6.71 Å². The van der Waals surface area contributed by atoms with E-state index in [1.165, 1.54) is 22.0 Å². The topological polar surface area (TPSA) is 0 Å². The summed E-state index contributed by atoms with van der Waals surface area (Å²) in [5.41, 5.74) is 5.32. The lowest BCUT2D eigenvalue weighted by molar-refractivity contribution is 1.15. The van der Waals surface area contributed by atoms with Gasteiger partial charge in [-0.15, -0.1) is 12.1 Å². The number of rotatable bonds is 4. The van der Waals surface area contributed by atoms with E-state index in [4.69, 9.17) is 0 Å². The molecular formula is C17H19B. The van der Waals surface area contributed by atoms with E-state index in [0.717, 1.165) is 6.42 Å². The van der Waals surface area contributed by atoms with Gasteiger partial charge in [0, 0.05) is 0 Å². The van der Waals surface area contributed by atoms with Crippen molar-refractivity contribution in [3.8, 4) is 0 Å². The van der Waals surface area contributed by atoms with E-state index in [-0.39, 0.29) is 0 Å². The van der Waals surface area contributed by atoms with Crippen LogP contribution in [0.2, 0.25) is 0 Å². The fourth-order valence-electron chi connectivity index (χ4n) is 2.51. The van der Waals surface area contributed by atoms with Crippen LogP contribution in [0.4, 0.5) is 0 Å². The maximum Gasteiger partial charge on any atom is 0.236 e. The van der Waals surface area contributed by atoms with Crippen LogP contribution in [0.5, 0.6) is 0 Å². The lowest BCUT2D eigenvalue weighted by Crippen LogP contribution is -2.44. The van der Waals surface area contributed by atoms with Crippen molar-refractivity contribution in [3.63, 3.8) is 0 Å². The molecule has 0 bridgehead atoms. The van der Waals surface area contributed by atoms with Gasteiger partial charge >= 0.3 is 0 Å². The highest BCUT2D eigenvalue weighted by atomic mass is 14.0. The van der Waals surface area contributed by atoms with Gasteiger partial charge in [0.1, 0.15) is 0 Å². The SMILES string of the molecule is C=C(C)B(c1ccccc1)c1ccccc1CC. The molecule has 0 aliphatic rings. The zero-order valence-electron chi connectivity index (χ0n) is 11.2. The summed E-state index contributed by atoms with van der Waals surface area (Å²) in [6, 6.07) is 19.3. The molecule has 0 saturated heterocycles. The molecule has 0 fully saturated rings. The van der Waals surface area contributed by atoms with Gasteiger partial charge in [-0.1, -0.05) is 84.9 Å². The first-order chi connectivity index (χ1) is 8.74. The molecular weight excluding hydrogens is 215 g/mol. The molecule has 0 nitrogen and oxygen atoms in total. The highest BCUT2D eigenvalue weighted by molar-refractivity contribution is 6.91. The van der Waals surface area contributed by atoms with Gasteiger partial charge < -0.3 is 0 Å². The summed E-state index contributed by atoms with van der Waals surface area (Å²) in [6.07, 6.45) is 1.06. The fourth-order valence-corrected chi connectivity index (χ4v) is 2.51. The monoisotopic (exact) mass is 234 g/mol. The number of hydrogen-bond acceptors (Lipinski definition) is 0. The van der Waals surface area contributed by atoms with E-state index in [1.54, 1.807) is 0 Å². The highest BCUT2D eigenvalue weighted by Crippen LogP contribution is 2.05. The average Bonchev–Trinajstić information content (AvgIpc) is 2.40. The van der Waals surface area contributed by atoms with E-state index in [2.05, 4.69) is 75.0 Å². The Morgan fingerprint density at radius 2 is 1.61 bits per heavy atom. The minimum atomic E-state index is 0.308. The summed E-state index contributed by atoms with van der Waals surface area (Å²) in [7, 11) is 0. The van der Waals surface area contributed by atoms with E-state index < -0.39 is 0 Å². The maximum atomic E-state index is 4.18. The van der Waals surface area contributed by atoms with Crippen molar-refractivity contribution in [1.29, 1.82) is 0 Å². The van der Waals surface area contributed by atoms with Crippen LogP contribution in [-0.2, 0) is 6.42 Å². The summed E-state index contributed by atoms with van der Waals surface area (Å²) >= 11 is 0. The zero-order valence-corrected chi connectivity index (χ0v) is 11.2. The molecule has 2 aromatic carbocycles. The van der Waals surface area contributed by atoms with E-state index in [0.29, 0.717) is 6.71 Å². The van der Waals surface area contributed by atoms with Crippen LogP contribution in [0, 0.1) is 0 Å². The molecule has 2 aromatic rings. The van der Waals surface area contributed by atoms with Crippen LogP contribution in [0.3, 0.4) is 0 Å². The van der Waals surface area contributed by atoms with Gasteiger partial charge in [0.05, 0.1) is 0 Å². The minimum absolute atomic E-state index is 0.308. The minimum Gasteiger partial charge on any atom is -0.108 e. The summed E-state index contributed by atoms with van der Waals surface area (Å²) in [6.45, 7) is 8.81. The smallest absolute Gasteiger partial charge is 0.108 e. The van der Waals surface area contributed by atoms with Crippen molar-refractivity contribution < 1.29 is 0 Å². The molecule has 0 saturated carbocycles. The van der Waals surface area contributed by atoms with Crippen molar-refractivity contribution in [1.82, 2.24) is 0 Å². The Morgan fingerprint density at radius 3 is 2.22 bits per heavy atom. The van der Waals surface area contributed by atoms with Crippen molar-refractivity contribution in [2.24, 2.45) is 0 Å². The molecule has 0 amide bonds. The third-order valence-corrected chi connectivity index (χ3v) is 3.37. The Labute approximate surface area is 110 Å². The van der Waals surface area contributed by atoms with E-state index >= 15 is 0 Å². The summed E-state index contributed by atoms with van der Waals surface area (Å²) < 4.78 is 0. The largest absolute Gasteiger partial charge is 0.236 e. The van der Waals surface area contributed by atoms with Gasteiger partial charge in [-0.2, -0.15) is 0 Å². The number of aryl methyl sites for hydroxylation is 1. The quantitative estimate of drug-likeness (QED) is 0.713. The first-order valence-corrected chi connectivity index (χ1v) is 6.52. The Balaban J connectivity index is 2.52. The van der Waals surface area contributed by atoms with Crippen LogP contribution in [0.25, 0.3) is 0 Å². The molecule has 0 atom stereocenters. The predicted octanol–water partition coefficient (Wildman–Crippen LogP) is 2.97. The highest BCUT2D eigenvalue weighted by Gasteiger charge is 2.21. The van der Waals surface area contributed by atoms with Crippen molar-refractivity contribution in [3.05, 3.63) is 72.2 Å². The van der Waals surface area contributed by atoms with Gasteiger partial charge in [0.25, 0.3) is 0 Å². The van der Waals surface area contributed by atoms with Gasteiger partial charge in [-0.05, 0) is 6.42 Å². The van der Waals surface area contributed by atoms with Crippen molar-refractivity contribution in [2.75, 3.05) is 0 Å². The van der Waals surface area contributed by atoms with Crippen molar-refractivity contribution in [2.45, 2.75) is 20.3 Å².